The molecule has 0 saturated carbocycles. The number of benzene rings is 1. The summed E-state index contributed by atoms with van der Waals surface area (Å²) in [5, 5.41) is 18.0. The highest BCUT2D eigenvalue weighted by atomic mass is 35.5. The molecule has 0 unspecified atom stereocenters. The van der Waals surface area contributed by atoms with Gasteiger partial charge in [0, 0.05) is 71.4 Å². The van der Waals surface area contributed by atoms with E-state index in [1.54, 1.807) is 24.4 Å². The van der Waals surface area contributed by atoms with Crippen molar-refractivity contribution in [3.8, 4) is 11.1 Å². The van der Waals surface area contributed by atoms with Crippen molar-refractivity contribution in [2.75, 3.05) is 24.1 Å². The average molecular weight is 554 g/mol. The fourth-order valence-corrected chi connectivity index (χ4v) is 4.47. The van der Waals surface area contributed by atoms with Gasteiger partial charge in [-0.15, -0.1) is 0 Å². The number of nitrogens with zero attached hydrogens (tertiary/aromatic N) is 4. The predicted octanol–water partition coefficient (Wildman–Crippen LogP) is 5.22. The minimum Gasteiger partial charge on any atom is -0.378 e. The molecule has 0 radical (unpaired) electrons. The van der Waals surface area contributed by atoms with E-state index in [1.807, 2.05) is 35.0 Å². The van der Waals surface area contributed by atoms with E-state index in [1.165, 1.54) is 12.1 Å². The number of carbonyl (C=O) groups excluding carboxylic acids is 1. The van der Waals surface area contributed by atoms with E-state index in [9.17, 15) is 14.9 Å². The van der Waals surface area contributed by atoms with E-state index >= 15 is 0 Å². The Morgan fingerprint density at radius 3 is 2.63 bits per heavy atom. The molecule has 0 aliphatic heterocycles. The smallest absolute Gasteiger partial charge is 0.311 e. The molecule has 0 bridgehead atoms. The molecule has 0 aliphatic carbocycles. The maximum absolute atomic E-state index is 13.4. The summed E-state index contributed by atoms with van der Waals surface area (Å²) in [6, 6.07) is 15.5. The molecule has 3 aromatic heterocycles. The number of hydrogen-bond acceptors (Lipinski definition) is 7. The largest absolute Gasteiger partial charge is 0.378 e. The number of amides is 1. The maximum Gasteiger partial charge on any atom is 0.311 e. The van der Waals surface area contributed by atoms with Crippen LogP contribution >= 0.6 is 23.2 Å². The third-order valence-electron chi connectivity index (χ3n) is 5.77. The normalized spacial score (nSPS) is 10.8. The van der Waals surface area contributed by atoms with Gasteiger partial charge in [-0.05, 0) is 42.8 Å². The monoisotopic (exact) mass is 553 g/mol. The highest BCUT2D eigenvalue weighted by Crippen LogP contribution is 2.33. The number of aromatic nitrogens is 3. The molecule has 4 N–H and O–H groups in total. The lowest BCUT2D eigenvalue weighted by molar-refractivity contribution is -0.384. The first-order valence-corrected chi connectivity index (χ1v) is 12.6. The van der Waals surface area contributed by atoms with Gasteiger partial charge >= 0.3 is 5.69 Å². The van der Waals surface area contributed by atoms with Crippen LogP contribution in [0.5, 0.6) is 0 Å². The van der Waals surface area contributed by atoms with Crippen LogP contribution in [0.3, 0.4) is 0 Å². The summed E-state index contributed by atoms with van der Waals surface area (Å²) < 4.78 is 1.87. The van der Waals surface area contributed by atoms with Crippen molar-refractivity contribution >= 4 is 46.4 Å². The zero-order chi connectivity index (χ0) is 27.1. The number of rotatable bonds is 11. The van der Waals surface area contributed by atoms with Crippen LogP contribution in [0.25, 0.3) is 11.1 Å². The van der Waals surface area contributed by atoms with E-state index in [2.05, 4.69) is 20.6 Å². The molecule has 0 fully saturated rings. The Morgan fingerprint density at radius 2 is 1.92 bits per heavy atom. The van der Waals surface area contributed by atoms with Crippen LogP contribution < -0.4 is 16.4 Å². The van der Waals surface area contributed by atoms with Crippen LogP contribution in [0.1, 0.15) is 22.6 Å². The van der Waals surface area contributed by atoms with Crippen molar-refractivity contribution in [2.45, 2.75) is 19.4 Å². The number of aryl methyl sites for hydroxylation is 1. The number of nitrogens with two attached hydrogens (primary N) is 1. The molecule has 4 aromatic rings. The first-order valence-electron chi connectivity index (χ1n) is 11.8. The fraction of sp³-hybridized carbons (Fsp3) is 0.192. The number of halogens is 2. The first kappa shape index (κ1) is 26.9. The van der Waals surface area contributed by atoms with E-state index in [-0.39, 0.29) is 17.4 Å². The Kier molecular flexibility index (Phi) is 8.77. The summed E-state index contributed by atoms with van der Waals surface area (Å²) >= 11 is 12.5. The van der Waals surface area contributed by atoms with Gasteiger partial charge < -0.3 is 20.9 Å². The van der Waals surface area contributed by atoms with Gasteiger partial charge in [-0.3, -0.25) is 19.9 Å². The highest BCUT2D eigenvalue weighted by Gasteiger charge is 2.20. The van der Waals surface area contributed by atoms with Crippen molar-refractivity contribution in [1.29, 1.82) is 0 Å². The van der Waals surface area contributed by atoms with Crippen LogP contribution in [-0.4, -0.2) is 38.5 Å². The number of hydrogen-bond donors (Lipinski definition) is 3. The molecule has 1 aromatic carbocycles. The Morgan fingerprint density at radius 1 is 1.08 bits per heavy atom. The Labute approximate surface area is 229 Å². The lowest BCUT2D eigenvalue weighted by atomic mass is 10.1. The molecule has 38 heavy (non-hydrogen) atoms. The van der Waals surface area contributed by atoms with Gasteiger partial charge in [0.1, 0.15) is 11.5 Å². The zero-order valence-electron chi connectivity index (χ0n) is 20.2. The Balaban J connectivity index is 1.47. The molecule has 4 rings (SSSR count). The standard InChI is InChI=1S/C26H25Cl2N7O3/c27-17-5-6-19(21(28)16-17)20-10-15-34(24(20)26(36)32-13-9-18-4-1-2-11-30-18)14-3-12-31-23-8-7-22(35(37)38)25(29)33-23/h1-2,4-8,10-11,15-16H,3,9,12-14H2,(H,32,36)(H3,29,31,33). The van der Waals surface area contributed by atoms with E-state index < -0.39 is 4.92 Å². The SMILES string of the molecule is Nc1nc(NCCCn2ccc(-c3ccc(Cl)cc3Cl)c2C(=O)NCCc2ccccn2)ccc1[N+](=O)[O-]. The van der Waals surface area contributed by atoms with Gasteiger partial charge in [0.05, 0.1) is 4.92 Å². The molecule has 1 amide bonds. The lowest BCUT2D eigenvalue weighted by Gasteiger charge is -2.14. The van der Waals surface area contributed by atoms with Crippen LogP contribution in [-0.2, 0) is 13.0 Å². The van der Waals surface area contributed by atoms with E-state index in [0.717, 1.165) is 5.69 Å². The molecule has 0 aliphatic rings. The summed E-state index contributed by atoms with van der Waals surface area (Å²) in [5.41, 5.74) is 8.18. The second-order valence-corrected chi connectivity index (χ2v) is 9.20. The number of carbonyl (C=O) groups is 1. The zero-order valence-corrected chi connectivity index (χ0v) is 21.7. The number of pyridine rings is 2. The van der Waals surface area contributed by atoms with Crippen LogP contribution in [0.2, 0.25) is 10.0 Å². The fourth-order valence-electron chi connectivity index (χ4n) is 3.96. The average Bonchev–Trinajstić information content (AvgIpc) is 3.30. The van der Waals surface area contributed by atoms with Crippen molar-refractivity contribution in [1.82, 2.24) is 19.9 Å². The van der Waals surface area contributed by atoms with Crippen molar-refractivity contribution in [2.24, 2.45) is 0 Å². The second kappa shape index (κ2) is 12.4. The number of anilines is 2. The number of nitro groups is 1. The molecule has 10 nitrogen and oxygen atoms in total. The minimum atomic E-state index is -0.578. The lowest BCUT2D eigenvalue weighted by Crippen LogP contribution is -2.28. The van der Waals surface area contributed by atoms with Gasteiger partial charge in [-0.25, -0.2) is 4.98 Å². The van der Waals surface area contributed by atoms with Crippen LogP contribution in [0.15, 0.2) is 67.0 Å². The summed E-state index contributed by atoms with van der Waals surface area (Å²) in [6.45, 7) is 1.44. The van der Waals surface area contributed by atoms with E-state index in [0.29, 0.717) is 65.2 Å². The highest BCUT2D eigenvalue weighted by molar-refractivity contribution is 6.36. The van der Waals surface area contributed by atoms with Crippen molar-refractivity contribution in [3.63, 3.8) is 0 Å². The first-order chi connectivity index (χ1) is 18.3. The minimum absolute atomic E-state index is 0.153. The number of nitrogen functional groups attached to an aromatic ring is 1. The van der Waals surface area contributed by atoms with Gasteiger partial charge in [-0.2, -0.15) is 0 Å². The summed E-state index contributed by atoms with van der Waals surface area (Å²) in [4.78, 5) is 32.0. The second-order valence-electron chi connectivity index (χ2n) is 8.36. The van der Waals surface area contributed by atoms with Crippen LogP contribution in [0, 0.1) is 10.1 Å². The van der Waals surface area contributed by atoms with E-state index in [4.69, 9.17) is 28.9 Å². The molecule has 0 saturated heterocycles. The molecule has 3 heterocycles. The van der Waals surface area contributed by atoms with Gasteiger partial charge in [0.25, 0.3) is 5.91 Å². The quantitative estimate of drug-likeness (QED) is 0.131. The Hall–Kier alpha value is -4.15. The van der Waals surface area contributed by atoms with Gasteiger partial charge in [0.2, 0.25) is 5.82 Å². The van der Waals surface area contributed by atoms with Crippen molar-refractivity contribution < 1.29 is 9.72 Å². The predicted molar refractivity (Wildman–Crippen MR) is 149 cm³/mol. The molecular formula is C26H25Cl2N7O3. The molecule has 0 atom stereocenters. The van der Waals surface area contributed by atoms with Crippen LogP contribution in [0.4, 0.5) is 17.3 Å². The Bertz CT molecular complexity index is 1440. The van der Waals surface area contributed by atoms with Crippen molar-refractivity contribution in [3.05, 3.63) is 98.5 Å². The molecular weight excluding hydrogens is 529 g/mol. The summed E-state index contributed by atoms with van der Waals surface area (Å²) in [7, 11) is 0. The number of nitrogens with one attached hydrogen (secondary N) is 2. The molecule has 12 heteroatoms. The van der Waals surface area contributed by atoms with Gasteiger partial charge in [-0.1, -0.05) is 35.3 Å². The maximum atomic E-state index is 13.4. The third kappa shape index (κ3) is 6.58. The molecule has 196 valence electrons. The summed E-state index contributed by atoms with van der Waals surface area (Å²) in [5.74, 6) is 0.0472. The molecule has 0 spiro atoms. The summed E-state index contributed by atoms with van der Waals surface area (Å²) in [6.07, 6.45) is 4.79. The third-order valence-corrected chi connectivity index (χ3v) is 6.32. The van der Waals surface area contributed by atoms with Gasteiger partial charge in [0.15, 0.2) is 0 Å². The topological polar surface area (TPSA) is 141 Å².